The SMILES string of the molecule is O=C(CC(NC(=O)Cc1ccccc1)c1ccccc1)Nc1n[nH]c(=S)s1. The largest absolute Gasteiger partial charge is 0.348 e. The van der Waals surface area contributed by atoms with Gasteiger partial charge in [-0.25, -0.2) is 0 Å². The van der Waals surface area contributed by atoms with Gasteiger partial charge in [-0.1, -0.05) is 72.0 Å². The molecule has 1 unspecified atom stereocenters. The Morgan fingerprint density at radius 2 is 1.70 bits per heavy atom. The number of nitrogens with one attached hydrogen (secondary N) is 3. The van der Waals surface area contributed by atoms with Gasteiger partial charge in [0.05, 0.1) is 18.9 Å². The summed E-state index contributed by atoms with van der Waals surface area (Å²) in [5, 5.41) is 12.6. The average molecular weight is 399 g/mol. The molecule has 0 radical (unpaired) electrons. The van der Waals surface area contributed by atoms with Crippen molar-refractivity contribution in [3.05, 3.63) is 75.7 Å². The molecule has 3 N–H and O–H groups in total. The van der Waals surface area contributed by atoms with E-state index in [2.05, 4.69) is 20.8 Å². The zero-order valence-corrected chi connectivity index (χ0v) is 16.0. The van der Waals surface area contributed by atoms with Gasteiger partial charge in [0, 0.05) is 0 Å². The van der Waals surface area contributed by atoms with Gasteiger partial charge < -0.3 is 10.6 Å². The van der Waals surface area contributed by atoms with Crippen LogP contribution in [0.3, 0.4) is 0 Å². The monoisotopic (exact) mass is 398 g/mol. The second-order valence-corrected chi connectivity index (χ2v) is 7.53. The van der Waals surface area contributed by atoms with Gasteiger partial charge >= 0.3 is 0 Å². The van der Waals surface area contributed by atoms with E-state index < -0.39 is 6.04 Å². The fourth-order valence-corrected chi connectivity index (χ4v) is 3.41. The highest BCUT2D eigenvalue weighted by Gasteiger charge is 2.19. The van der Waals surface area contributed by atoms with Gasteiger partial charge in [0.1, 0.15) is 0 Å². The van der Waals surface area contributed by atoms with Crippen LogP contribution in [0.5, 0.6) is 0 Å². The van der Waals surface area contributed by atoms with E-state index in [1.165, 1.54) is 11.3 Å². The number of carbonyl (C=O) groups excluding carboxylic acids is 2. The van der Waals surface area contributed by atoms with Crippen molar-refractivity contribution in [1.82, 2.24) is 15.5 Å². The molecule has 0 spiro atoms. The molecule has 0 bridgehead atoms. The minimum atomic E-state index is -0.436. The van der Waals surface area contributed by atoms with Gasteiger partial charge in [-0.2, -0.15) is 0 Å². The third-order valence-corrected chi connectivity index (χ3v) is 4.82. The highest BCUT2D eigenvalue weighted by molar-refractivity contribution is 7.73. The van der Waals surface area contributed by atoms with Crippen LogP contribution in [-0.4, -0.2) is 22.0 Å². The molecule has 1 atom stereocenters. The summed E-state index contributed by atoms with van der Waals surface area (Å²) in [5.41, 5.74) is 1.78. The maximum Gasteiger partial charge on any atom is 0.228 e. The van der Waals surface area contributed by atoms with Gasteiger partial charge in [-0.3, -0.25) is 14.7 Å². The van der Waals surface area contributed by atoms with E-state index in [-0.39, 0.29) is 24.7 Å². The molecule has 6 nitrogen and oxygen atoms in total. The van der Waals surface area contributed by atoms with Crippen LogP contribution < -0.4 is 10.6 Å². The van der Waals surface area contributed by atoms with Crippen LogP contribution in [0.4, 0.5) is 5.13 Å². The minimum Gasteiger partial charge on any atom is -0.348 e. The molecule has 2 amide bonds. The molecule has 138 valence electrons. The molecule has 1 aromatic heterocycles. The molecule has 2 aromatic carbocycles. The molecule has 0 aliphatic heterocycles. The minimum absolute atomic E-state index is 0.0941. The van der Waals surface area contributed by atoms with Crippen molar-refractivity contribution < 1.29 is 9.59 Å². The number of benzene rings is 2. The second-order valence-electron chi connectivity index (χ2n) is 5.86. The molecule has 1 heterocycles. The van der Waals surface area contributed by atoms with Gasteiger partial charge in [0.2, 0.25) is 16.9 Å². The predicted molar refractivity (Wildman–Crippen MR) is 108 cm³/mol. The van der Waals surface area contributed by atoms with E-state index >= 15 is 0 Å². The van der Waals surface area contributed by atoms with E-state index in [0.717, 1.165) is 11.1 Å². The van der Waals surface area contributed by atoms with Crippen molar-refractivity contribution in [2.24, 2.45) is 0 Å². The van der Waals surface area contributed by atoms with Gasteiger partial charge in [0.15, 0.2) is 3.95 Å². The summed E-state index contributed by atoms with van der Waals surface area (Å²) in [5.74, 6) is -0.389. The van der Waals surface area contributed by atoms with Crippen molar-refractivity contribution in [2.75, 3.05) is 5.32 Å². The number of rotatable bonds is 7. The molecule has 0 aliphatic carbocycles. The molecular formula is C19H18N4O2S2. The van der Waals surface area contributed by atoms with Crippen molar-refractivity contribution in [2.45, 2.75) is 18.9 Å². The zero-order valence-electron chi connectivity index (χ0n) is 14.3. The second kappa shape index (κ2) is 9.20. The number of carbonyl (C=O) groups is 2. The fourth-order valence-electron chi connectivity index (χ4n) is 2.60. The van der Waals surface area contributed by atoms with Crippen LogP contribution in [-0.2, 0) is 16.0 Å². The molecule has 0 fully saturated rings. The molecule has 0 saturated carbocycles. The lowest BCUT2D eigenvalue weighted by molar-refractivity contribution is -0.121. The third-order valence-electron chi connectivity index (χ3n) is 3.82. The maximum absolute atomic E-state index is 12.5. The summed E-state index contributed by atoms with van der Waals surface area (Å²) in [6.45, 7) is 0. The predicted octanol–water partition coefficient (Wildman–Crippen LogP) is 3.63. The Bertz CT molecular complexity index is 954. The van der Waals surface area contributed by atoms with Gasteiger partial charge in [-0.15, -0.1) is 5.10 Å². The summed E-state index contributed by atoms with van der Waals surface area (Å²) >= 11 is 6.14. The average Bonchev–Trinajstić information content (AvgIpc) is 3.07. The Morgan fingerprint density at radius 1 is 1.04 bits per heavy atom. The van der Waals surface area contributed by atoms with Crippen LogP contribution in [0.15, 0.2) is 60.7 Å². The number of nitrogens with zero attached hydrogens (tertiary/aromatic N) is 1. The molecule has 8 heteroatoms. The first kappa shape index (κ1) is 18.9. The van der Waals surface area contributed by atoms with Gasteiger partial charge in [-0.05, 0) is 23.3 Å². The van der Waals surface area contributed by atoms with E-state index in [1.54, 1.807) is 0 Å². The van der Waals surface area contributed by atoms with Crippen molar-refractivity contribution in [1.29, 1.82) is 0 Å². The number of aromatic amines is 1. The lowest BCUT2D eigenvalue weighted by Crippen LogP contribution is -2.32. The lowest BCUT2D eigenvalue weighted by atomic mass is 10.0. The number of H-pyrrole nitrogens is 1. The van der Waals surface area contributed by atoms with Crippen molar-refractivity contribution in [3.63, 3.8) is 0 Å². The normalized spacial score (nSPS) is 11.6. The lowest BCUT2D eigenvalue weighted by Gasteiger charge is -2.19. The summed E-state index contributed by atoms with van der Waals surface area (Å²) in [6.07, 6.45) is 0.351. The molecule has 3 rings (SSSR count). The first-order valence-electron chi connectivity index (χ1n) is 8.34. The Kier molecular flexibility index (Phi) is 6.45. The molecular weight excluding hydrogens is 380 g/mol. The summed E-state index contributed by atoms with van der Waals surface area (Å²) in [4.78, 5) is 24.9. The number of amides is 2. The van der Waals surface area contributed by atoms with Crippen LogP contribution >= 0.6 is 23.6 Å². The molecule has 0 aliphatic rings. The first-order chi connectivity index (χ1) is 13.1. The Balaban J connectivity index is 1.68. The first-order valence-corrected chi connectivity index (χ1v) is 9.56. The van der Waals surface area contributed by atoms with Crippen LogP contribution in [0.25, 0.3) is 0 Å². The Hall–Kier alpha value is -2.84. The highest BCUT2D eigenvalue weighted by Crippen LogP contribution is 2.19. The Morgan fingerprint density at radius 3 is 2.33 bits per heavy atom. The van der Waals surface area contributed by atoms with Crippen LogP contribution in [0.1, 0.15) is 23.6 Å². The van der Waals surface area contributed by atoms with Crippen molar-refractivity contribution in [3.8, 4) is 0 Å². The van der Waals surface area contributed by atoms with Crippen LogP contribution in [0.2, 0.25) is 0 Å². The third kappa shape index (κ3) is 5.83. The van der Waals surface area contributed by atoms with Crippen molar-refractivity contribution >= 4 is 40.5 Å². The topological polar surface area (TPSA) is 86.9 Å². The number of hydrogen-bond donors (Lipinski definition) is 3. The Labute approximate surface area is 165 Å². The summed E-state index contributed by atoms with van der Waals surface area (Å²) < 4.78 is 0.487. The highest BCUT2D eigenvalue weighted by atomic mass is 32.1. The quantitative estimate of drug-likeness (QED) is 0.531. The smallest absolute Gasteiger partial charge is 0.228 e. The van der Waals surface area contributed by atoms with E-state index in [0.29, 0.717) is 9.09 Å². The van der Waals surface area contributed by atoms with Gasteiger partial charge in [0.25, 0.3) is 0 Å². The number of aromatic nitrogens is 2. The maximum atomic E-state index is 12.5. The number of anilines is 1. The molecule has 27 heavy (non-hydrogen) atoms. The van der Waals surface area contributed by atoms with Crippen LogP contribution in [0, 0.1) is 3.95 Å². The van der Waals surface area contributed by atoms with E-state index in [1.807, 2.05) is 60.7 Å². The summed E-state index contributed by atoms with van der Waals surface area (Å²) in [7, 11) is 0. The fraction of sp³-hybridized carbons (Fsp3) is 0.158. The summed E-state index contributed by atoms with van der Waals surface area (Å²) in [6, 6.07) is 18.5. The molecule has 0 saturated heterocycles. The standard InChI is InChI=1S/C19H18N4O2S2/c24-16(11-13-7-3-1-4-8-13)20-15(14-9-5-2-6-10-14)12-17(25)21-18-22-23-19(26)27-18/h1-10,15H,11-12H2,(H,20,24)(H,23,26)(H,21,22,25). The van der Waals surface area contributed by atoms with E-state index in [4.69, 9.17) is 12.2 Å². The molecule has 3 aromatic rings. The van der Waals surface area contributed by atoms with E-state index in [9.17, 15) is 9.59 Å². The number of hydrogen-bond acceptors (Lipinski definition) is 5. The zero-order chi connectivity index (χ0) is 19.1.